The predicted molar refractivity (Wildman–Crippen MR) is 99.1 cm³/mol. The van der Waals surface area contributed by atoms with E-state index in [4.69, 9.17) is 0 Å². The summed E-state index contributed by atoms with van der Waals surface area (Å²) in [5, 5.41) is 10.4. The molecule has 3 nitrogen and oxygen atoms in total. The van der Waals surface area contributed by atoms with E-state index in [1.807, 2.05) is 43.3 Å². The number of benzene rings is 3. The molecule has 1 aromatic heterocycles. The highest BCUT2D eigenvalue weighted by Gasteiger charge is 2.34. The van der Waals surface area contributed by atoms with E-state index in [0.717, 1.165) is 28.0 Å². The topological polar surface area (TPSA) is 30.7 Å². The van der Waals surface area contributed by atoms with Crippen LogP contribution in [0.4, 0.5) is 13.2 Å². The molecule has 0 atom stereocenters. The van der Waals surface area contributed by atoms with Crippen molar-refractivity contribution in [2.24, 2.45) is 7.05 Å². The summed E-state index contributed by atoms with van der Waals surface area (Å²) in [6, 6.07) is 17.3. The first kappa shape index (κ1) is 17.3. The lowest BCUT2D eigenvalue weighted by Gasteiger charge is -2.13. The van der Waals surface area contributed by atoms with E-state index in [1.54, 1.807) is 17.7 Å². The van der Waals surface area contributed by atoms with Gasteiger partial charge >= 0.3 is 6.18 Å². The number of halogens is 3. The highest BCUT2D eigenvalue weighted by molar-refractivity contribution is 5.97. The van der Waals surface area contributed by atoms with Gasteiger partial charge in [0.05, 0.1) is 5.56 Å². The third kappa shape index (κ3) is 2.87. The van der Waals surface area contributed by atoms with Crippen molar-refractivity contribution < 1.29 is 13.2 Å². The zero-order chi connectivity index (χ0) is 19.2. The van der Waals surface area contributed by atoms with Gasteiger partial charge in [0.2, 0.25) is 0 Å². The molecule has 0 saturated carbocycles. The number of alkyl halides is 3. The Morgan fingerprint density at radius 1 is 0.815 bits per heavy atom. The Morgan fingerprint density at radius 2 is 1.48 bits per heavy atom. The van der Waals surface area contributed by atoms with Gasteiger partial charge < -0.3 is 4.57 Å². The maximum atomic E-state index is 13.4. The van der Waals surface area contributed by atoms with E-state index >= 15 is 0 Å². The van der Waals surface area contributed by atoms with Gasteiger partial charge in [-0.25, -0.2) is 0 Å². The molecule has 0 amide bonds. The Balaban J connectivity index is 1.95. The first-order valence-corrected chi connectivity index (χ1v) is 8.42. The molecule has 0 aliphatic rings. The molecule has 0 saturated heterocycles. The van der Waals surface area contributed by atoms with Crippen LogP contribution >= 0.6 is 0 Å². The molecule has 0 unspecified atom stereocenters. The third-order valence-corrected chi connectivity index (χ3v) is 4.71. The Kier molecular flexibility index (Phi) is 3.98. The van der Waals surface area contributed by atoms with Gasteiger partial charge in [-0.15, -0.1) is 10.2 Å². The predicted octanol–water partition coefficient (Wildman–Crippen LogP) is 5.63. The fourth-order valence-electron chi connectivity index (χ4n) is 3.38. The van der Waals surface area contributed by atoms with Crippen LogP contribution in [-0.4, -0.2) is 14.8 Å². The lowest BCUT2D eigenvalue weighted by molar-refractivity contribution is -0.137. The summed E-state index contributed by atoms with van der Waals surface area (Å²) < 4.78 is 41.9. The van der Waals surface area contributed by atoms with Gasteiger partial charge in [-0.2, -0.15) is 13.2 Å². The van der Waals surface area contributed by atoms with Crippen LogP contribution in [0.2, 0.25) is 0 Å². The maximum absolute atomic E-state index is 13.4. The number of nitrogens with zero attached hydrogens (tertiary/aromatic N) is 3. The molecule has 0 aliphatic carbocycles. The highest BCUT2D eigenvalue weighted by atomic mass is 19.4. The standard InChI is InChI=1S/C21H16F3N3/c1-13-11-12-14-7-3-4-8-15(14)18(13)20-26-25-19(27(20)2)16-9-5-6-10-17(16)21(22,23)24/h3-12H,1-2H3. The van der Waals surface area contributed by atoms with Crippen molar-refractivity contribution >= 4 is 10.8 Å². The van der Waals surface area contributed by atoms with Gasteiger partial charge in [0, 0.05) is 18.2 Å². The minimum atomic E-state index is -4.46. The van der Waals surface area contributed by atoms with Crippen molar-refractivity contribution in [2.45, 2.75) is 13.1 Å². The Bertz CT molecular complexity index is 1140. The molecule has 0 spiro atoms. The summed E-state index contributed by atoms with van der Waals surface area (Å²) in [5.41, 5.74) is 1.16. The molecule has 3 aromatic carbocycles. The van der Waals surface area contributed by atoms with E-state index in [2.05, 4.69) is 10.2 Å². The smallest absolute Gasteiger partial charge is 0.310 e. The zero-order valence-electron chi connectivity index (χ0n) is 14.7. The molecule has 27 heavy (non-hydrogen) atoms. The van der Waals surface area contributed by atoms with E-state index in [1.165, 1.54) is 12.1 Å². The lowest BCUT2D eigenvalue weighted by Crippen LogP contribution is -2.08. The molecule has 1 heterocycles. The van der Waals surface area contributed by atoms with Crippen molar-refractivity contribution in [1.29, 1.82) is 0 Å². The van der Waals surface area contributed by atoms with Crippen LogP contribution in [-0.2, 0) is 13.2 Å². The van der Waals surface area contributed by atoms with Crippen LogP contribution < -0.4 is 0 Å². The van der Waals surface area contributed by atoms with Crippen molar-refractivity contribution in [1.82, 2.24) is 14.8 Å². The normalized spacial score (nSPS) is 11.9. The molecule has 0 fully saturated rings. The Hall–Kier alpha value is -3.15. The van der Waals surface area contributed by atoms with Crippen LogP contribution in [0.5, 0.6) is 0 Å². The average molecular weight is 367 g/mol. The summed E-state index contributed by atoms with van der Waals surface area (Å²) >= 11 is 0. The van der Waals surface area contributed by atoms with E-state index in [-0.39, 0.29) is 11.4 Å². The fourth-order valence-corrected chi connectivity index (χ4v) is 3.38. The van der Waals surface area contributed by atoms with Gasteiger partial charge in [-0.1, -0.05) is 54.6 Å². The van der Waals surface area contributed by atoms with Gasteiger partial charge in [0.15, 0.2) is 11.6 Å². The second-order valence-electron chi connectivity index (χ2n) is 6.43. The van der Waals surface area contributed by atoms with Crippen molar-refractivity contribution in [3.05, 3.63) is 71.8 Å². The van der Waals surface area contributed by atoms with Crippen molar-refractivity contribution in [3.8, 4) is 22.8 Å². The second kappa shape index (κ2) is 6.23. The van der Waals surface area contributed by atoms with E-state index in [9.17, 15) is 13.2 Å². The van der Waals surface area contributed by atoms with Crippen LogP contribution in [0, 0.1) is 6.92 Å². The molecular formula is C21H16F3N3. The maximum Gasteiger partial charge on any atom is 0.417 e. The zero-order valence-corrected chi connectivity index (χ0v) is 14.7. The summed E-state index contributed by atoms with van der Waals surface area (Å²) in [5.74, 6) is 0.724. The summed E-state index contributed by atoms with van der Waals surface area (Å²) in [6.45, 7) is 1.96. The molecule has 6 heteroatoms. The van der Waals surface area contributed by atoms with E-state index < -0.39 is 11.7 Å². The van der Waals surface area contributed by atoms with Gasteiger partial charge in [-0.05, 0) is 29.3 Å². The average Bonchev–Trinajstić information content (AvgIpc) is 3.02. The summed E-state index contributed by atoms with van der Waals surface area (Å²) in [4.78, 5) is 0. The molecule has 0 aliphatic heterocycles. The quantitative estimate of drug-likeness (QED) is 0.460. The monoisotopic (exact) mass is 367 g/mol. The third-order valence-electron chi connectivity index (χ3n) is 4.71. The number of aryl methyl sites for hydroxylation is 1. The first-order chi connectivity index (χ1) is 12.9. The molecule has 0 N–H and O–H groups in total. The van der Waals surface area contributed by atoms with E-state index in [0.29, 0.717) is 5.82 Å². The minimum absolute atomic E-state index is 0.0177. The van der Waals surface area contributed by atoms with Crippen LogP contribution in [0.1, 0.15) is 11.1 Å². The summed E-state index contributed by atoms with van der Waals surface area (Å²) in [6.07, 6.45) is -4.46. The number of rotatable bonds is 2. The van der Waals surface area contributed by atoms with Crippen LogP contribution in [0.15, 0.2) is 60.7 Å². The van der Waals surface area contributed by atoms with Gasteiger partial charge in [-0.3, -0.25) is 0 Å². The van der Waals surface area contributed by atoms with Gasteiger partial charge in [0.25, 0.3) is 0 Å². The number of hydrogen-bond donors (Lipinski definition) is 0. The second-order valence-corrected chi connectivity index (χ2v) is 6.43. The number of fused-ring (bicyclic) bond motifs is 1. The summed E-state index contributed by atoms with van der Waals surface area (Å²) in [7, 11) is 1.69. The number of aromatic nitrogens is 3. The SMILES string of the molecule is Cc1ccc2ccccc2c1-c1nnc(-c2ccccc2C(F)(F)F)n1C. The molecule has 4 rings (SSSR count). The van der Waals surface area contributed by atoms with Crippen LogP contribution in [0.25, 0.3) is 33.5 Å². The Morgan fingerprint density at radius 3 is 2.26 bits per heavy atom. The van der Waals surface area contributed by atoms with Crippen LogP contribution in [0.3, 0.4) is 0 Å². The highest BCUT2D eigenvalue weighted by Crippen LogP contribution is 2.38. The molecular weight excluding hydrogens is 351 g/mol. The number of hydrogen-bond acceptors (Lipinski definition) is 2. The lowest BCUT2D eigenvalue weighted by atomic mass is 9.99. The fraction of sp³-hybridized carbons (Fsp3) is 0.143. The minimum Gasteiger partial charge on any atom is -0.310 e. The van der Waals surface area contributed by atoms with Gasteiger partial charge in [0.1, 0.15) is 0 Å². The van der Waals surface area contributed by atoms with Crippen molar-refractivity contribution in [2.75, 3.05) is 0 Å². The largest absolute Gasteiger partial charge is 0.417 e. The first-order valence-electron chi connectivity index (χ1n) is 8.42. The Labute approximate surface area is 154 Å². The van der Waals surface area contributed by atoms with Crippen molar-refractivity contribution in [3.63, 3.8) is 0 Å². The molecule has 0 bridgehead atoms. The molecule has 4 aromatic rings. The molecule has 0 radical (unpaired) electrons. The molecule has 136 valence electrons.